The molecule has 1 amide bonds. The van der Waals surface area contributed by atoms with Gasteiger partial charge in [-0.1, -0.05) is 12.2 Å². The first-order chi connectivity index (χ1) is 13.6. The molecular formula is C20H22N4O4. The zero-order chi connectivity index (χ0) is 19.7. The second-order valence-electron chi connectivity index (χ2n) is 6.91. The first kappa shape index (κ1) is 18.2. The summed E-state index contributed by atoms with van der Waals surface area (Å²) in [7, 11) is 1.40. The van der Waals surface area contributed by atoms with Crippen LogP contribution >= 0.6 is 0 Å². The molecule has 4 rings (SSSR count). The van der Waals surface area contributed by atoms with Gasteiger partial charge in [0.25, 0.3) is 0 Å². The Kier molecular flexibility index (Phi) is 4.85. The van der Waals surface area contributed by atoms with Crippen molar-refractivity contribution in [1.82, 2.24) is 19.9 Å². The summed E-state index contributed by atoms with van der Waals surface area (Å²) in [5.74, 6) is 1.57. The zero-order valence-corrected chi connectivity index (χ0v) is 16.0. The molecule has 0 spiro atoms. The molecule has 28 heavy (non-hydrogen) atoms. The number of hydrogen-bond donors (Lipinski definition) is 0. The Bertz CT molecular complexity index is 901. The molecule has 2 bridgehead atoms. The third-order valence-electron chi connectivity index (χ3n) is 5.10. The van der Waals surface area contributed by atoms with Crippen molar-refractivity contribution >= 4 is 6.09 Å². The predicted molar refractivity (Wildman–Crippen MR) is 100 cm³/mol. The molecule has 0 aromatic carbocycles. The molecule has 2 atom stereocenters. The summed E-state index contributed by atoms with van der Waals surface area (Å²) < 4.78 is 17.0. The van der Waals surface area contributed by atoms with Crippen LogP contribution < -0.4 is 9.47 Å². The highest BCUT2D eigenvalue weighted by Gasteiger charge is 2.41. The minimum Gasteiger partial charge on any atom is -0.474 e. The predicted octanol–water partition coefficient (Wildman–Crippen LogP) is 3.20. The van der Waals surface area contributed by atoms with Gasteiger partial charge in [0.2, 0.25) is 11.8 Å². The Morgan fingerprint density at radius 1 is 1.11 bits per heavy atom. The van der Waals surface area contributed by atoms with E-state index >= 15 is 0 Å². The fourth-order valence-electron chi connectivity index (χ4n) is 3.66. The third kappa shape index (κ3) is 3.37. The smallest absolute Gasteiger partial charge is 0.410 e. The van der Waals surface area contributed by atoms with Gasteiger partial charge in [-0.3, -0.25) is 9.88 Å². The summed E-state index contributed by atoms with van der Waals surface area (Å²) in [5, 5.41) is 0. The number of aromatic nitrogens is 3. The molecule has 2 aliphatic rings. The molecule has 4 heterocycles. The van der Waals surface area contributed by atoms with Crippen molar-refractivity contribution in [2.45, 2.75) is 44.9 Å². The molecule has 8 heteroatoms. The Morgan fingerprint density at radius 2 is 1.82 bits per heavy atom. The first-order valence-corrected chi connectivity index (χ1v) is 9.19. The first-order valence-electron chi connectivity index (χ1n) is 9.19. The van der Waals surface area contributed by atoms with Crippen molar-refractivity contribution in [3.8, 4) is 17.5 Å². The molecule has 2 aromatic heterocycles. The minimum atomic E-state index is -0.306. The van der Waals surface area contributed by atoms with Crippen LogP contribution in [-0.4, -0.2) is 51.2 Å². The molecule has 0 N–H and O–H groups in total. The maximum atomic E-state index is 12.0. The zero-order valence-electron chi connectivity index (χ0n) is 16.0. The van der Waals surface area contributed by atoms with Crippen molar-refractivity contribution in [3.63, 3.8) is 0 Å². The highest BCUT2D eigenvalue weighted by atomic mass is 16.5. The van der Waals surface area contributed by atoms with Crippen molar-refractivity contribution in [2.24, 2.45) is 0 Å². The number of carbonyl (C=O) groups is 1. The van der Waals surface area contributed by atoms with Gasteiger partial charge in [0, 0.05) is 19.0 Å². The van der Waals surface area contributed by atoms with Crippen LogP contribution in [0.25, 0.3) is 0 Å². The normalized spacial score (nSPS) is 22.8. The number of hydrogen-bond acceptors (Lipinski definition) is 7. The number of pyridine rings is 1. The van der Waals surface area contributed by atoms with Crippen molar-refractivity contribution < 1.29 is 19.0 Å². The SMILES string of the molecule is COC(=O)N1C2C=CC1CC(Oc1ncnc(Oc3cccnc3C)c1C)C2. The van der Waals surface area contributed by atoms with Gasteiger partial charge in [0.05, 0.1) is 30.5 Å². The second kappa shape index (κ2) is 7.46. The summed E-state index contributed by atoms with van der Waals surface area (Å²) in [5.41, 5.74) is 1.50. The van der Waals surface area contributed by atoms with Gasteiger partial charge in [0.1, 0.15) is 12.4 Å². The summed E-state index contributed by atoms with van der Waals surface area (Å²) in [4.78, 5) is 26.5. The molecule has 0 saturated carbocycles. The summed E-state index contributed by atoms with van der Waals surface area (Å²) in [6.07, 6.45) is 8.22. The van der Waals surface area contributed by atoms with Crippen LogP contribution in [0.3, 0.4) is 0 Å². The van der Waals surface area contributed by atoms with Gasteiger partial charge >= 0.3 is 6.09 Å². The van der Waals surface area contributed by atoms with Gasteiger partial charge in [-0.15, -0.1) is 0 Å². The highest BCUT2D eigenvalue weighted by Crippen LogP contribution is 2.35. The molecule has 146 valence electrons. The molecule has 1 saturated heterocycles. The molecule has 2 unspecified atom stereocenters. The second-order valence-corrected chi connectivity index (χ2v) is 6.91. The largest absolute Gasteiger partial charge is 0.474 e. The number of nitrogens with zero attached hydrogens (tertiary/aromatic N) is 4. The average molecular weight is 382 g/mol. The fraction of sp³-hybridized carbons (Fsp3) is 0.400. The Labute approximate surface area is 163 Å². The van der Waals surface area contributed by atoms with E-state index in [1.807, 2.05) is 38.1 Å². The Morgan fingerprint density at radius 3 is 2.50 bits per heavy atom. The maximum absolute atomic E-state index is 12.0. The number of piperidine rings is 1. The van der Waals surface area contributed by atoms with Crippen LogP contribution in [0.4, 0.5) is 4.79 Å². The van der Waals surface area contributed by atoms with Crippen LogP contribution in [0.1, 0.15) is 24.1 Å². The number of aryl methyl sites for hydroxylation is 1. The van der Waals surface area contributed by atoms with Crippen LogP contribution in [0, 0.1) is 13.8 Å². The Hall–Kier alpha value is -3.16. The lowest BCUT2D eigenvalue weighted by atomic mass is 9.99. The molecule has 0 aliphatic carbocycles. The van der Waals surface area contributed by atoms with E-state index in [0.29, 0.717) is 30.4 Å². The topological polar surface area (TPSA) is 86.7 Å². The van der Waals surface area contributed by atoms with E-state index in [4.69, 9.17) is 14.2 Å². The van der Waals surface area contributed by atoms with Crippen molar-refractivity contribution in [3.05, 3.63) is 48.1 Å². The Balaban J connectivity index is 1.48. The lowest BCUT2D eigenvalue weighted by molar-refractivity contribution is 0.0465. The summed E-state index contributed by atoms with van der Waals surface area (Å²) >= 11 is 0. The summed E-state index contributed by atoms with van der Waals surface area (Å²) in [6.45, 7) is 3.74. The number of methoxy groups -OCH3 is 1. The maximum Gasteiger partial charge on any atom is 0.410 e. The van der Waals surface area contributed by atoms with Crippen LogP contribution in [0.15, 0.2) is 36.8 Å². The monoisotopic (exact) mass is 382 g/mol. The van der Waals surface area contributed by atoms with Gasteiger partial charge in [-0.2, -0.15) is 0 Å². The number of amides is 1. The minimum absolute atomic E-state index is 0.0212. The molecule has 2 aromatic rings. The molecule has 1 fully saturated rings. The average Bonchev–Trinajstić information content (AvgIpc) is 2.96. The summed E-state index contributed by atoms with van der Waals surface area (Å²) in [6, 6.07) is 3.61. The van der Waals surface area contributed by atoms with E-state index in [1.54, 1.807) is 11.1 Å². The number of rotatable bonds is 4. The van der Waals surface area contributed by atoms with Gasteiger partial charge < -0.3 is 14.2 Å². The molecule has 0 radical (unpaired) electrons. The number of fused-ring (bicyclic) bond motifs is 2. The van der Waals surface area contributed by atoms with Crippen LogP contribution in [0.5, 0.6) is 17.5 Å². The highest BCUT2D eigenvalue weighted by molar-refractivity contribution is 5.70. The van der Waals surface area contributed by atoms with Crippen molar-refractivity contribution in [2.75, 3.05) is 7.11 Å². The van der Waals surface area contributed by atoms with E-state index < -0.39 is 0 Å². The number of carbonyl (C=O) groups excluding carboxylic acids is 1. The van der Waals surface area contributed by atoms with Crippen molar-refractivity contribution in [1.29, 1.82) is 0 Å². The van der Waals surface area contributed by atoms with E-state index in [-0.39, 0.29) is 24.3 Å². The van der Waals surface area contributed by atoms with E-state index in [9.17, 15) is 4.79 Å². The lowest BCUT2D eigenvalue weighted by Gasteiger charge is -2.37. The number of ether oxygens (including phenoxy) is 3. The molecule has 8 nitrogen and oxygen atoms in total. The molecular weight excluding hydrogens is 360 g/mol. The standard InChI is InChI=1S/C20H22N4O4/c1-12-18(22-11-23-19(12)28-17-5-4-8-21-13(17)2)27-16-9-14-6-7-15(10-16)24(14)20(25)26-3/h4-8,11,14-16H,9-10H2,1-3H3. The van der Waals surface area contributed by atoms with Crippen LogP contribution in [0.2, 0.25) is 0 Å². The quantitative estimate of drug-likeness (QED) is 0.751. The molecule has 2 aliphatic heterocycles. The van der Waals surface area contributed by atoms with Gasteiger partial charge in [-0.05, 0) is 26.0 Å². The fourth-order valence-corrected chi connectivity index (χ4v) is 3.66. The van der Waals surface area contributed by atoms with Gasteiger partial charge in [0.15, 0.2) is 5.75 Å². The lowest BCUT2D eigenvalue weighted by Crippen LogP contribution is -2.50. The van der Waals surface area contributed by atoms with E-state index in [2.05, 4.69) is 15.0 Å². The van der Waals surface area contributed by atoms with Crippen LogP contribution in [-0.2, 0) is 4.74 Å². The third-order valence-corrected chi connectivity index (χ3v) is 5.10. The van der Waals surface area contributed by atoms with E-state index in [1.165, 1.54) is 13.4 Å². The van der Waals surface area contributed by atoms with E-state index in [0.717, 1.165) is 11.3 Å². The van der Waals surface area contributed by atoms with Gasteiger partial charge in [-0.25, -0.2) is 14.8 Å².